The van der Waals surface area contributed by atoms with Gasteiger partial charge in [0.05, 0.1) is 23.3 Å². The third-order valence-corrected chi connectivity index (χ3v) is 4.24. The molecule has 0 bridgehead atoms. The summed E-state index contributed by atoms with van der Waals surface area (Å²) in [7, 11) is 0. The highest BCUT2D eigenvalue weighted by Gasteiger charge is 2.37. The minimum Gasteiger partial charge on any atom is -0.404 e. The maximum Gasteiger partial charge on any atom is 0.129 e. The lowest BCUT2D eigenvalue weighted by atomic mass is 9.81. The number of rotatable bonds is 2. The van der Waals surface area contributed by atoms with Crippen molar-refractivity contribution in [2.45, 2.75) is 18.8 Å². The van der Waals surface area contributed by atoms with Crippen molar-refractivity contribution in [3.8, 4) is 6.07 Å². The van der Waals surface area contributed by atoms with Crippen molar-refractivity contribution in [1.82, 2.24) is 0 Å². The van der Waals surface area contributed by atoms with Gasteiger partial charge >= 0.3 is 0 Å². The first kappa shape index (κ1) is 13.7. The van der Waals surface area contributed by atoms with Crippen LogP contribution in [0.25, 0.3) is 0 Å². The molecule has 4 nitrogen and oxygen atoms in total. The monoisotopic (exact) mass is 298 g/mol. The van der Waals surface area contributed by atoms with Crippen LogP contribution in [0, 0.1) is 17.2 Å². The van der Waals surface area contributed by atoms with Crippen molar-refractivity contribution in [2.24, 2.45) is 22.4 Å². The fourth-order valence-electron chi connectivity index (χ4n) is 2.71. The smallest absolute Gasteiger partial charge is 0.129 e. The molecule has 0 saturated heterocycles. The fourth-order valence-corrected chi connectivity index (χ4v) is 2.95. The van der Waals surface area contributed by atoms with Gasteiger partial charge < -0.3 is 11.5 Å². The number of hydrogen-bond acceptors (Lipinski definition) is 4. The summed E-state index contributed by atoms with van der Waals surface area (Å²) >= 11 is 6.31. The summed E-state index contributed by atoms with van der Waals surface area (Å²) in [5.74, 6) is 0.382. The quantitative estimate of drug-likeness (QED) is 0.880. The Morgan fingerprint density at radius 2 is 2.05 bits per heavy atom. The molecule has 21 heavy (non-hydrogen) atoms. The molecule has 1 saturated carbocycles. The largest absolute Gasteiger partial charge is 0.404 e. The van der Waals surface area contributed by atoms with Crippen LogP contribution in [0.3, 0.4) is 0 Å². The van der Waals surface area contributed by atoms with E-state index >= 15 is 0 Å². The van der Waals surface area contributed by atoms with Gasteiger partial charge in [-0.05, 0) is 24.5 Å². The molecule has 0 aromatic heterocycles. The number of nitrogens with two attached hydrogens (primary N) is 2. The van der Waals surface area contributed by atoms with E-state index in [0.29, 0.717) is 27.9 Å². The van der Waals surface area contributed by atoms with E-state index < -0.39 is 0 Å². The number of hydrogen-bond donors (Lipinski definition) is 2. The lowest BCUT2D eigenvalue weighted by Crippen LogP contribution is -2.27. The second-order valence-corrected chi connectivity index (χ2v) is 5.67. The molecule has 1 aromatic rings. The molecule has 1 fully saturated rings. The summed E-state index contributed by atoms with van der Waals surface area (Å²) in [5, 5.41) is 10.2. The van der Waals surface area contributed by atoms with Crippen LogP contribution in [0.15, 0.2) is 52.3 Å². The van der Waals surface area contributed by atoms with Crippen LogP contribution in [-0.4, -0.2) is 5.84 Å². The normalized spacial score (nSPS) is 23.9. The molecule has 106 valence electrons. The molecular weight excluding hydrogens is 284 g/mol. The maximum absolute atomic E-state index is 9.63. The molecule has 0 spiro atoms. The first-order chi connectivity index (χ1) is 10.2. The van der Waals surface area contributed by atoms with Crippen molar-refractivity contribution >= 4 is 17.4 Å². The molecule has 4 N–H and O–H groups in total. The number of nitrogens with zero attached hydrogens (tertiary/aromatic N) is 2. The van der Waals surface area contributed by atoms with E-state index in [-0.39, 0.29) is 5.92 Å². The molecule has 0 amide bonds. The molecule has 2 aliphatic rings. The minimum absolute atomic E-state index is 0.332. The second kappa shape index (κ2) is 5.27. The fraction of sp³-hybridized carbons (Fsp3) is 0.250. The molecule has 1 heterocycles. The lowest BCUT2D eigenvalue weighted by Gasteiger charge is -2.26. The molecule has 1 aliphatic heterocycles. The summed E-state index contributed by atoms with van der Waals surface area (Å²) < 4.78 is 0. The van der Waals surface area contributed by atoms with Crippen LogP contribution >= 0.6 is 11.6 Å². The van der Waals surface area contributed by atoms with Gasteiger partial charge in [0.1, 0.15) is 5.84 Å². The summed E-state index contributed by atoms with van der Waals surface area (Å²) in [4.78, 5) is 4.41. The Morgan fingerprint density at radius 1 is 1.33 bits per heavy atom. The molecular formula is C16H15ClN4. The van der Waals surface area contributed by atoms with Crippen LogP contribution < -0.4 is 11.5 Å². The highest BCUT2D eigenvalue weighted by molar-refractivity contribution is 6.31. The van der Waals surface area contributed by atoms with E-state index in [4.69, 9.17) is 23.1 Å². The van der Waals surface area contributed by atoms with Gasteiger partial charge in [-0.2, -0.15) is 5.26 Å². The van der Waals surface area contributed by atoms with Crippen molar-refractivity contribution in [3.63, 3.8) is 0 Å². The molecule has 3 rings (SSSR count). The second-order valence-electron chi connectivity index (χ2n) is 5.26. The average Bonchev–Trinajstić information content (AvgIpc) is 3.31. The van der Waals surface area contributed by atoms with Crippen molar-refractivity contribution in [2.75, 3.05) is 0 Å². The summed E-state index contributed by atoms with van der Waals surface area (Å²) in [6.45, 7) is 0. The average molecular weight is 299 g/mol. The van der Waals surface area contributed by atoms with Crippen LogP contribution in [0.1, 0.15) is 24.3 Å². The Balaban J connectivity index is 2.22. The molecule has 5 heteroatoms. The van der Waals surface area contributed by atoms with Gasteiger partial charge in [0, 0.05) is 22.7 Å². The van der Waals surface area contributed by atoms with Gasteiger partial charge in [0.25, 0.3) is 0 Å². The summed E-state index contributed by atoms with van der Waals surface area (Å²) in [5.41, 5.74) is 14.7. The molecule has 1 aromatic carbocycles. The predicted octanol–water partition coefficient (Wildman–Crippen LogP) is 2.82. The van der Waals surface area contributed by atoms with Gasteiger partial charge in [-0.1, -0.05) is 29.8 Å². The van der Waals surface area contributed by atoms with Gasteiger partial charge in [0.15, 0.2) is 0 Å². The number of amidine groups is 1. The first-order valence-electron chi connectivity index (χ1n) is 6.82. The zero-order chi connectivity index (χ0) is 15.0. The van der Waals surface area contributed by atoms with E-state index in [9.17, 15) is 5.26 Å². The van der Waals surface area contributed by atoms with Crippen LogP contribution in [0.2, 0.25) is 5.02 Å². The Labute approximate surface area is 128 Å². The van der Waals surface area contributed by atoms with Crippen molar-refractivity contribution in [1.29, 1.82) is 5.26 Å². The molecule has 1 atom stereocenters. The van der Waals surface area contributed by atoms with Gasteiger partial charge in [-0.15, -0.1) is 0 Å². The van der Waals surface area contributed by atoms with Gasteiger partial charge in [-0.3, -0.25) is 0 Å². The van der Waals surface area contributed by atoms with Crippen molar-refractivity contribution < 1.29 is 0 Å². The SMILES string of the molecule is N#CC1=C(C2CC2)N=C(N)/C(=C\N)C1c1ccccc1Cl. The third kappa shape index (κ3) is 2.30. The van der Waals surface area contributed by atoms with Crippen LogP contribution in [0.4, 0.5) is 0 Å². The predicted molar refractivity (Wildman–Crippen MR) is 83.4 cm³/mol. The van der Waals surface area contributed by atoms with E-state index in [1.165, 1.54) is 6.20 Å². The Bertz CT molecular complexity index is 720. The Morgan fingerprint density at radius 3 is 2.62 bits per heavy atom. The number of allylic oxidation sites excluding steroid dienone is 2. The summed E-state index contributed by atoms with van der Waals surface area (Å²) in [6, 6.07) is 9.75. The standard InChI is InChI=1S/C16H15ClN4/c17-13-4-2-1-3-10(13)14-11(7-18)15(9-5-6-9)21-16(20)12(14)8-19/h1-4,8-9,14H,5-6,19H2,(H2,20,21)/b12-8-. The first-order valence-corrected chi connectivity index (χ1v) is 7.20. The lowest BCUT2D eigenvalue weighted by molar-refractivity contribution is 0.865. The van der Waals surface area contributed by atoms with Gasteiger partial charge in [-0.25, -0.2) is 4.99 Å². The van der Waals surface area contributed by atoms with E-state index in [2.05, 4.69) is 11.1 Å². The van der Waals surface area contributed by atoms with Crippen LogP contribution in [0.5, 0.6) is 0 Å². The maximum atomic E-state index is 9.63. The topological polar surface area (TPSA) is 88.2 Å². The number of nitriles is 1. The Kier molecular flexibility index (Phi) is 3.44. The van der Waals surface area contributed by atoms with Crippen LogP contribution in [-0.2, 0) is 0 Å². The number of halogens is 1. The zero-order valence-corrected chi connectivity index (χ0v) is 12.1. The van der Waals surface area contributed by atoms with E-state index in [0.717, 1.165) is 24.1 Å². The number of benzene rings is 1. The molecule has 0 radical (unpaired) electrons. The van der Waals surface area contributed by atoms with Crippen molar-refractivity contribution in [3.05, 3.63) is 57.9 Å². The van der Waals surface area contributed by atoms with E-state index in [1.807, 2.05) is 18.2 Å². The highest BCUT2D eigenvalue weighted by atomic mass is 35.5. The zero-order valence-electron chi connectivity index (χ0n) is 11.4. The molecule has 1 unspecified atom stereocenters. The highest BCUT2D eigenvalue weighted by Crippen LogP contribution is 2.46. The third-order valence-electron chi connectivity index (χ3n) is 3.89. The molecule has 1 aliphatic carbocycles. The van der Waals surface area contributed by atoms with Gasteiger partial charge in [0.2, 0.25) is 0 Å². The Hall–Kier alpha value is -2.25. The minimum atomic E-state index is -0.332. The number of aliphatic imine (C=N–C) groups is 1. The van der Waals surface area contributed by atoms with E-state index in [1.54, 1.807) is 6.07 Å². The summed E-state index contributed by atoms with van der Waals surface area (Å²) in [6.07, 6.45) is 3.52.